The van der Waals surface area contributed by atoms with Gasteiger partial charge in [0.1, 0.15) is 5.75 Å². The zero-order valence-electron chi connectivity index (χ0n) is 27.5. The van der Waals surface area contributed by atoms with Crippen molar-refractivity contribution in [3.05, 3.63) is 163 Å². The lowest BCUT2D eigenvalue weighted by atomic mass is 9.96. The molecular weight excluding hydrogens is 631 g/mol. The number of rotatable bonds is 9. The molecule has 1 atom stereocenters. The highest BCUT2D eigenvalue weighted by Gasteiger charge is 2.33. The summed E-state index contributed by atoms with van der Waals surface area (Å²) in [5.74, 6) is 0.221. The smallest absolute Gasteiger partial charge is 0.338 e. The van der Waals surface area contributed by atoms with Gasteiger partial charge in [-0.15, -0.1) is 0 Å². The molecule has 0 aliphatic carbocycles. The van der Waals surface area contributed by atoms with Crippen molar-refractivity contribution in [3.8, 4) is 34.0 Å². The third-order valence-corrected chi connectivity index (χ3v) is 9.45. The van der Waals surface area contributed by atoms with E-state index in [1.165, 1.54) is 11.3 Å². The zero-order valence-corrected chi connectivity index (χ0v) is 28.3. The molecule has 2 aromatic heterocycles. The molecular formula is C41H35N3O4S. The number of carbonyl (C=O) groups is 1. The summed E-state index contributed by atoms with van der Waals surface area (Å²) in [5, 5.41) is 0. The summed E-state index contributed by atoms with van der Waals surface area (Å²) < 4.78 is 15.5. The number of carbonyl (C=O) groups excluding carboxylic acids is 1. The predicted molar refractivity (Wildman–Crippen MR) is 195 cm³/mol. The number of fused-ring (bicyclic) bond motifs is 1. The number of allylic oxidation sites excluding steroid dienone is 1. The van der Waals surface area contributed by atoms with Crippen molar-refractivity contribution in [2.24, 2.45) is 4.99 Å². The van der Waals surface area contributed by atoms with Crippen molar-refractivity contribution < 1.29 is 14.3 Å². The molecule has 244 valence electrons. The Hall–Kier alpha value is -5.73. The molecule has 0 unspecified atom stereocenters. The summed E-state index contributed by atoms with van der Waals surface area (Å²) >= 11 is 1.32. The first kappa shape index (κ1) is 31.8. The molecule has 0 spiro atoms. The van der Waals surface area contributed by atoms with Crippen molar-refractivity contribution >= 4 is 23.4 Å². The van der Waals surface area contributed by atoms with Crippen LogP contribution in [-0.4, -0.2) is 28.3 Å². The third-order valence-electron chi connectivity index (χ3n) is 8.47. The minimum absolute atomic E-state index is 0.209. The van der Waals surface area contributed by atoms with Gasteiger partial charge in [-0.1, -0.05) is 102 Å². The van der Waals surface area contributed by atoms with Gasteiger partial charge in [0.25, 0.3) is 5.56 Å². The number of nitrogens with zero attached hydrogens (tertiary/aromatic N) is 3. The Morgan fingerprint density at radius 2 is 1.47 bits per heavy atom. The van der Waals surface area contributed by atoms with Crippen molar-refractivity contribution in [3.63, 3.8) is 0 Å². The van der Waals surface area contributed by atoms with E-state index < -0.39 is 12.0 Å². The fourth-order valence-corrected chi connectivity index (χ4v) is 7.40. The van der Waals surface area contributed by atoms with Crippen LogP contribution in [0.5, 0.6) is 5.75 Å². The Morgan fingerprint density at radius 1 is 0.837 bits per heavy atom. The number of thiazole rings is 1. The summed E-state index contributed by atoms with van der Waals surface area (Å²) in [5.41, 5.74) is 7.32. The average Bonchev–Trinajstić information content (AvgIpc) is 3.66. The lowest BCUT2D eigenvalue weighted by Gasteiger charge is -2.24. The van der Waals surface area contributed by atoms with Gasteiger partial charge in [-0.2, -0.15) is 0 Å². The largest absolute Gasteiger partial charge is 0.494 e. The van der Waals surface area contributed by atoms with Crippen LogP contribution in [0.2, 0.25) is 0 Å². The predicted octanol–water partition coefficient (Wildman–Crippen LogP) is 7.32. The highest BCUT2D eigenvalue weighted by atomic mass is 32.1. The van der Waals surface area contributed by atoms with E-state index in [2.05, 4.69) is 47.0 Å². The highest BCUT2D eigenvalue weighted by Crippen LogP contribution is 2.37. The van der Waals surface area contributed by atoms with E-state index in [0.717, 1.165) is 39.3 Å². The van der Waals surface area contributed by atoms with E-state index in [9.17, 15) is 9.59 Å². The third kappa shape index (κ3) is 6.07. The number of esters is 1. The van der Waals surface area contributed by atoms with Crippen LogP contribution >= 0.6 is 11.3 Å². The molecule has 8 heteroatoms. The van der Waals surface area contributed by atoms with Gasteiger partial charge < -0.3 is 14.0 Å². The SMILES string of the molecule is CCOC(=O)C1=C(C)N=c2s/c(=C\c3cc(-c4ccccc4)n(-c4ccccc4)c3-c3ccccc3)c(=O)n2[C@H]1c1ccc(OCC)cc1. The van der Waals surface area contributed by atoms with Gasteiger partial charge in [0, 0.05) is 11.3 Å². The minimum Gasteiger partial charge on any atom is -0.494 e. The molecule has 0 bridgehead atoms. The van der Waals surface area contributed by atoms with Crippen LogP contribution in [-0.2, 0) is 9.53 Å². The number of hydrogen-bond acceptors (Lipinski definition) is 6. The normalized spacial score (nSPS) is 14.3. The number of para-hydroxylation sites is 1. The second-order valence-corrected chi connectivity index (χ2v) is 12.5. The first-order valence-electron chi connectivity index (χ1n) is 16.3. The molecule has 7 nitrogen and oxygen atoms in total. The molecule has 7 rings (SSSR count). The Bertz CT molecular complexity index is 2340. The Labute approximate surface area is 288 Å². The maximum Gasteiger partial charge on any atom is 0.338 e. The summed E-state index contributed by atoms with van der Waals surface area (Å²) in [4.78, 5) is 33.3. The van der Waals surface area contributed by atoms with Gasteiger partial charge in [-0.25, -0.2) is 9.79 Å². The van der Waals surface area contributed by atoms with Crippen molar-refractivity contribution in [2.75, 3.05) is 13.2 Å². The lowest BCUT2D eigenvalue weighted by molar-refractivity contribution is -0.139. The van der Waals surface area contributed by atoms with Gasteiger partial charge in [-0.3, -0.25) is 9.36 Å². The fourth-order valence-electron chi connectivity index (χ4n) is 6.36. The molecule has 4 aromatic carbocycles. The highest BCUT2D eigenvalue weighted by molar-refractivity contribution is 7.07. The number of aromatic nitrogens is 2. The number of hydrogen-bond donors (Lipinski definition) is 0. The quantitative estimate of drug-likeness (QED) is 0.152. The first-order valence-corrected chi connectivity index (χ1v) is 17.1. The standard InChI is InChI=1S/C41H35N3O4S/c1-4-47-33-23-21-30(22-24-33)38-36(40(46)48-5-2)27(3)42-41-44(38)39(45)35(49-41)26-31-25-34(28-15-9-6-10-16-28)43(32-19-13-8-14-20-32)37(31)29-17-11-7-12-18-29/h6-26,38H,4-5H2,1-3H3/b35-26-/t38-/m0/s1. The van der Waals surface area contributed by atoms with Gasteiger partial charge in [0.15, 0.2) is 4.80 Å². The molecule has 49 heavy (non-hydrogen) atoms. The molecule has 0 saturated heterocycles. The molecule has 0 radical (unpaired) electrons. The van der Waals surface area contributed by atoms with Crippen LogP contribution in [0.3, 0.4) is 0 Å². The number of benzene rings is 4. The van der Waals surface area contributed by atoms with Crippen LogP contribution in [0.4, 0.5) is 0 Å². The lowest BCUT2D eigenvalue weighted by Crippen LogP contribution is -2.39. The van der Waals surface area contributed by atoms with Crippen molar-refractivity contribution in [2.45, 2.75) is 26.8 Å². The zero-order chi connectivity index (χ0) is 33.9. The second-order valence-electron chi connectivity index (χ2n) is 11.5. The van der Waals surface area contributed by atoms with Gasteiger partial charge in [0.05, 0.1) is 46.4 Å². The summed E-state index contributed by atoms with van der Waals surface area (Å²) in [7, 11) is 0. The van der Waals surface area contributed by atoms with Crippen LogP contribution in [0.1, 0.15) is 37.9 Å². The molecule has 0 amide bonds. The second kappa shape index (κ2) is 13.8. The summed E-state index contributed by atoms with van der Waals surface area (Å²) in [6, 6.07) is 39.6. The van der Waals surface area contributed by atoms with E-state index in [-0.39, 0.29) is 12.2 Å². The van der Waals surface area contributed by atoms with Crippen molar-refractivity contribution in [1.29, 1.82) is 0 Å². The van der Waals surface area contributed by atoms with Crippen LogP contribution in [0.15, 0.2) is 142 Å². The van der Waals surface area contributed by atoms with E-state index in [0.29, 0.717) is 33.0 Å². The first-order chi connectivity index (χ1) is 24.0. The molecule has 1 aliphatic heterocycles. The Morgan fingerprint density at radius 3 is 2.10 bits per heavy atom. The van der Waals surface area contributed by atoms with E-state index >= 15 is 0 Å². The van der Waals surface area contributed by atoms with Crippen LogP contribution in [0.25, 0.3) is 34.3 Å². The van der Waals surface area contributed by atoms with Gasteiger partial charge in [0.2, 0.25) is 0 Å². The van der Waals surface area contributed by atoms with Gasteiger partial charge >= 0.3 is 5.97 Å². The van der Waals surface area contributed by atoms with Crippen LogP contribution < -0.4 is 19.6 Å². The number of ether oxygens (including phenoxy) is 2. The maximum absolute atomic E-state index is 14.6. The van der Waals surface area contributed by atoms with E-state index in [1.54, 1.807) is 18.4 Å². The van der Waals surface area contributed by atoms with Crippen LogP contribution in [0, 0.1) is 0 Å². The molecule has 3 heterocycles. The molecule has 0 N–H and O–H groups in total. The summed E-state index contributed by atoms with van der Waals surface area (Å²) in [6.45, 7) is 6.23. The summed E-state index contributed by atoms with van der Waals surface area (Å²) in [6.07, 6.45) is 1.96. The molecule has 6 aromatic rings. The molecule has 0 fully saturated rings. The Balaban J connectivity index is 1.48. The molecule has 1 aliphatic rings. The van der Waals surface area contributed by atoms with Gasteiger partial charge in [-0.05, 0) is 73.9 Å². The molecule has 0 saturated carbocycles. The average molecular weight is 666 g/mol. The van der Waals surface area contributed by atoms with E-state index in [1.807, 2.05) is 91.9 Å². The minimum atomic E-state index is -0.712. The van der Waals surface area contributed by atoms with Crippen molar-refractivity contribution in [1.82, 2.24) is 9.13 Å². The van der Waals surface area contributed by atoms with E-state index in [4.69, 9.17) is 14.5 Å². The monoisotopic (exact) mass is 665 g/mol. The topological polar surface area (TPSA) is 74.8 Å². The maximum atomic E-state index is 14.6. The fraction of sp³-hybridized carbons (Fsp3) is 0.146. The Kier molecular flexibility index (Phi) is 8.96.